The number of carbonyl (C=O) groups is 1. The van der Waals surface area contributed by atoms with Gasteiger partial charge >= 0.3 is 0 Å². The van der Waals surface area contributed by atoms with Crippen molar-refractivity contribution in [2.75, 3.05) is 5.32 Å². The second-order valence-electron chi connectivity index (χ2n) is 4.87. The third kappa shape index (κ3) is 2.10. The number of nitrogens with zero attached hydrogens (tertiary/aromatic N) is 1. The van der Waals surface area contributed by atoms with E-state index in [0.717, 1.165) is 22.4 Å². The van der Waals surface area contributed by atoms with Gasteiger partial charge in [-0.2, -0.15) is 0 Å². The predicted octanol–water partition coefficient (Wildman–Crippen LogP) is 4.03. The second kappa shape index (κ2) is 4.76. The molecule has 4 heteroatoms. The number of halogens is 1. The first kappa shape index (κ1) is 12.9. The number of amides is 1. The minimum atomic E-state index is -0.214. The monoisotopic (exact) mass is 284 g/mol. The van der Waals surface area contributed by atoms with E-state index in [4.69, 9.17) is 11.6 Å². The summed E-state index contributed by atoms with van der Waals surface area (Å²) in [5.41, 5.74) is 4.76. The van der Waals surface area contributed by atoms with E-state index in [9.17, 15) is 4.79 Å². The molecule has 1 N–H and O–H groups in total. The Hall–Kier alpha value is -2.13. The molecule has 3 rings (SSSR count). The van der Waals surface area contributed by atoms with Gasteiger partial charge in [-0.15, -0.1) is 0 Å². The Kier molecular flexibility index (Phi) is 3.07. The van der Waals surface area contributed by atoms with Gasteiger partial charge in [0, 0.05) is 5.56 Å². The van der Waals surface area contributed by atoms with Gasteiger partial charge in [-0.1, -0.05) is 35.9 Å². The molecular weight excluding hydrogens is 272 g/mol. The summed E-state index contributed by atoms with van der Waals surface area (Å²) in [5.74, 6) is -0.214. The fourth-order valence-corrected chi connectivity index (χ4v) is 2.44. The summed E-state index contributed by atoms with van der Waals surface area (Å²) >= 11 is 6.09. The molecule has 2 aromatic carbocycles. The maximum absolute atomic E-state index is 12.1. The lowest BCUT2D eigenvalue weighted by atomic mass is 10.1. The smallest absolute Gasteiger partial charge is 0.275 e. The molecule has 0 unspecified atom stereocenters. The zero-order valence-corrected chi connectivity index (χ0v) is 12.0. The lowest BCUT2D eigenvalue weighted by Crippen LogP contribution is -2.14. The van der Waals surface area contributed by atoms with Gasteiger partial charge in [0.1, 0.15) is 5.71 Å². The van der Waals surface area contributed by atoms with E-state index in [-0.39, 0.29) is 5.91 Å². The lowest BCUT2D eigenvalue weighted by molar-refractivity contribution is -0.110. The summed E-state index contributed by atoms with van der Waals surface area (Å²) in [6, 6.07) is 11.4. The highest BCUT2D eigenvalue weighted by Crippen LogP contribution is 2.32. The summed E-state index contributed by atoms with van der Waals surface area (Å²) in [6.07, 6.45) is 0. The maximum Gasteiger partial charge on any atom is 0.275 e. The molecule has 0 bridgehead atoms. The van der Waals surface area contributed by atoms with Crippen molar-refractivity contribution < 1.29 is 4.79 Å². The lowest BCUT2D eigenvalue weighted by Gasteiger charge is -2.03. The van der Waals surface area contributed by atoms with Crippen molar-refractivity contribution in [2.45, 2.75) is 13.8 Å². The molecule has 0 atom stereocenters. The van der Waals surface area contributed by atoms with E-state index in [1.165, 1.54) is 0 Å². The van der Waals surface area contributed by atoms with Crippen LogP contribution >= 0.6 is 11.6 Å². The number of nitrogens with one attached hydrogen (secondary N) is 1. The van der Waals surface area contributed by atoms with Gasteiger partial charge in [0.15, 0.2) is 0 Å². The van der Waals surface area contributed by atoms with E-state index >= 15 is 0 Å². The van der Waals surface area contributed by atoms with Crippen LogP contribution < -0.4 is 5.32 Å². The van der Waals surface area contributed by atoms with E-state index in [2.05, 4.69) is 10.3 Å². The number of carbonyl (C=O) groups excluding carboxylic acids is 1. The number of fused-ring (bicyclic) bond motifs is 1. The first-order chi connectivity index (χ1) is 9.56. The van der Waals surface area contributed by atoms with E-state index in [1.807, 2.05) is 44.2 Å². The Balaban J connectivity index is 2.16. The maximum atomic E-state index is 12.1. The van der Waals surface area contributed by atoms with Crippen LogP contribution in [0.5, 0.6) is 0 Å². The van der Waals surface area contributed by atoms with Crippen LogP contribution in [-0.2, 0) is 4.79 Å². The molecule has 0 aromatic heterocycles. The minimum absolute atomic E-state index is 0.214. The Morgan fingerprint density at radius 1 is 1.15 bits per heavy atom. The summed E-state index contributed by atoms with van der Waals surface area (Å²) in [7, 11) is 0. The number of aryl methyl sites for hydroxylation is 2. The van der Waals surface area contributed by atoms with Crippen LogP contribution in [-0.4, -0.2) is 11.6 Å². The third-order valence-electron chi connectivity index (χ3n) is 3.32. The number of anilines is 1. The Morgan fingerprint density at radius 2 is 1.95 bits per heavy atom. The average Bonchev–Trinajstić information content (AvgIpc) is 2.73. The van der Waals surface area contributed by atoms with Crippen molar-refractivity contribution in [3.8, 4) is 0 Å². The van der Waals surface area contributed by atoms with E-state index in [1.54, 1.807) is 6.07 Å². The normalized spacial score (nSPS) is 15.3. The van der Waals surface area contributed by atoms with Crippen LogP contribution in [0.4, 0.5) is 11.4 Å². The number of benzene rings is 2. The first-order valence-corrected chi connectivity index (χ1v) is 6.70. The molecule has 1 aliphatic heterocycles. The Bertz CT molecular complexity index is 750. The minimum Gasteiger partial charge on any atom is -0.319 e. The molecule has 1 heterocycles. The van der Waals surface area contributed by atoms with Gasteiger partial charge < -0.3 is 5.32 Å². The summed E-state index contributed by atoms with van der Waals surface area (Å²) in [6.45, 7) is 3.98. The number of rotatable bonds is 1. The summed E-state index contributed by atoms with van der Waals surface area (Å²) in [4.78, 5) is 16.6. The van der Waals surface area contributed by atoms with Gasteiger partial charge in [-0.05, 0) is 37.1 Å². The van der Waals surface area contributed by atoms with Crippen LogP contribution in [0.1, 0.15) is 16.7 Å². The van der Waals surface area contributed by atoms with Gasteiger partial charge in [-0.3, -0.25) is 4.79 Å². The van der Waals surface area contributed by atoms with Crippen molar-refractivity contribution in [2.24, 2.45) is 4.99 Å². The van der Waals surface area contributed by atoms with Crippen LogP contribution in [0.15, 0.2) is 41.4 Å². The molecule has 100 valence electrons. The van der Waals surface area contributed by atoms with Gasteiger partial charge in [0.2, 0.25) is 0 Å². The molecule has 0 fully saturated rings. The van der Waals surface area contributed by atoms with Crippen LogP contribution in [0.2, 0.25) is 5.02 Å². The molecule has 0 aliphatic carbocycles. The third-order valence-corrected chi connectivity index (χ3v) is 3.63. The molecule has 0 saturated carbocycles. The second-order valence-corrected chi connectivity index (χ2v) is 5.27. The number of aliphatic imine (C=N–C) groups is 1. The SMILES string of the molecule is Cc1ccc(C)c(N=C2C(=O)Nc3c(Cl)cccc32)c1. The molecule has 0 radical (unpaired) electrons. The van der Waals surface area contributed by atoms with Crippen molar-refractivity contribution in [3.63, 3.8) is 0 Å². The van der Waals surface area contributed by atoms with Gasteiger partial charge in [0.05, 0.1) is 16.4 Å². The van der Waals surface area contributed by atoms with E-state index < -0.39 is 0 Å². The fraction of sp³-hybridized carbons (Fsp3) is 0.125. The molecule has 20 heavy (non-hydrogen) atoms. The highest BCUT2D eigenvalue weighted by atomic mass is 35.5. The molecule has 1 amide bonds. The van der Waals surface area contributed by atoms with Crippen LogP contribution in [0.3, 0.4) is 0 Å². The van der Waals surface area contributed by atoms with Crippen LogP contribution in [0, 0.1) is 13.8 Å². The van der Waals surface area contributed by atoms with Crippen molar-refractivity contribution in [1.82, 2.24) is 0 Å². The van der Waals surface area contributed by atoms with Crippen molar-refractivity contribution in [1.29, 1.82) is 0 Å². The molecule has 0 spiro atoms. The predicted molar refractivity (Wildman–Crippen MR) is 82.2 cm³/mol. The topological polar surface area (TPSA) is 41.5 Å². The summed E-state index contributed by atoms with van der Waals surface area (Å²) in [5, 5.41) is 3.30. The Morgan fingerprint density at radius 3 is 2.75 bits per heavy atom. The number of hydrogen-bond donors (Lipinski definition) is 1. The standard InChI is InChI=1S/C16H13ClN2O/c1-9-6-7-10(2)13(8-9)18-15-11-4-3-5-12(17)14(11)19-16(15)20/h3-8H,1-2H3,(H,18,19,20). The summed E-state index contributed by atoms with van der Waals surface area (Å²) < 4.78 is 0. The van der Waals surface area contributed by atoms with Gasteiger partial charge in [0.25, 0.3) is 5.91 Å². The number of para-hydroxylation sites is 1. The fourth-order valence-electron chi connectivity index (χ4n) is 2.21. The first-order valence-electron chi connectivity index (χ1n) is 6.32. The molecule has 0 saturated heterocycles. The Labute approximate surface area is 122 Å². The van der Waals surface area contributed by atoms with Crippen LogP contribution in [0.25, 0.3) is 0 Å². The zero-order chi connectivity index (χ0) is 14.3. The van der Waals surface area contributed by atoms with Crippen molar-refractivity contribution in [3.05, 3.63) is 58.1 Å². The quantitative estimate of drug-likeness (QED) is 0.844. The molecule has 2 aromatic rings. The molecular formula is C16H13ClN2O. The number of hydrogen-bond acceptors (Lipinski definition) is 2. The highest BCUT2D eigenvalue weighted by molar-refractivity contribution is 6.55. The molecule has 1 aliphatic rings. The van der Waals surface area contributed by atoms with E-state index in [0.29, 0.717) is 16.4 Å². The molecule has 3 nitrogen and oxygen atoms in total. The van der Waals surface area contributed by atoms with Crippen molar-refractivity contribution >= 4 is 34.6 Å². The highest BCUT2D eigenvalue weighted by Gasteiger charge is 2.27. The van der Waals surface area contributed by atoms with Gasteiger partial charge in [-0.25, -0.2) is 4.99 Å². The zero-order valence-electron chi connectivity index (χ0n) is 11.2. The average molecular weight is 285 g/mol. The largest absolute Gasteiger partial charge is 0.319 e.